The number of carbonyl (C=O) groups excluding carboxylic acids is 1. The van der Waals surface area contributed by atoms with Crippen LogP contribution >= 0.6 is 0 Å². The molecule has 0 radical (unpaired) electrons. The van der Waals surface area contributed by atoms with Crippen LogP contribution in [0.4, 0.5) is 0 Å². The van der Waals surface area contributed by atoms with E-state index in [9.17, 15) is 4.79 Å². The van der Waals surface area contributed by atoms with Gasteiger partial charge in [-0.3, -0.25) is 9.69 Å². The molecule has 0 aromatic heterocycles. The fourth-order valence-electron chi connectivity index (χ4n) is 3.15. The van der Waals surface area contributed by atoms with Gasteiger partial charge in [-0.05, 0) is 11.8 Å². The Bertz CT molecular complexity index is 271. The van der Waals surface area contributed by atoms with Gasteiger partial charge in [-0.25, -0.2) is 0 Å². The molecule has 1 saturated carbocycles. The molecule has 2 atom stereocenters. The largest absolute Gasteiger partial charge is 0.469 e. The molecule has 1 heterocycles. The maximum atomic E-state index is 11.7. The van der Waals surface area contributed by atoms with Crippen LogP contribution in [0.25, 0.3) is 0 Å². The molecule has 0 aromatic carbocycles. The Labute approximate surface area is 96.9 Å². The smallest absolute Gasteiger partial charge is 0.310 e. The van der Waals surface area contributed by atoms with Crippen LogP contribution in [-0.4, -0.2) is 50.3 Å². The first kappa shape index (κ1) is 11.9. The molecule has 0 N–H and O–H groups in total. The molecule has 1 aliphatic carbocycles. The first-order valence-electron chi connectivity index (χ1n) is 5.96. The molecule has 4 nitrogen and oxygen atoms in total. The van der Waals surface area contributed by atoms with E-state index >= 15 is 0 Å². The van der Waals surface area contributed by atoms with Crippen LogP contribution in [0.15, 0.2) is 0 Å². The summed E-state index contributed by atoms with van der Waals surface area (Å²) in [6.07, 6.45) is 0.932. The molecule has 0 aromatic rings. The van der Waals surface area contributed by atoms with Crippen LogP contribution in [0.2, 0.25) is 0 Å². The summed E-state index contributed by atoms with van der Waals surface area (Å²) in [5, 5.41) is 0. The number of morpholine rings is 1. The van der Waals surface area contributed by atoms with Gasteiger partial charge in [0.15, 0.2) is 0 Å². The molecule has 2 rings (SSSR count). The van der Waals surface area contributed by atoms with E-state index in [2.05, 4.69) is 18.7 Å². The average molecular weight is 227 g/mol. The number of esters is 1. The summed E-state index contributed by atoms with van der Waals surface area (Å²) in [6, 6.07) is 0.323. The second-order valence-corrected chi connectivity index (χ2v) is 5.42. The third-order valence-electron chi connectivity index (χ3n) is 3.87. The SMILES string of the molecule is COC(=O)C1CC(C)(C)C1N1CCOCC1. The van der Waals surface area contributed by atoms with Crippen molar-refractivity contribution >= 4 is 5.97 Å². The van der Waals surface area contributed by atoms with Crippen molar-refractivity contribution in [1.82, 2.24) is 4.90 Å². The fourth-order valence-corrected chi connectivity index (χ4v) is 3.15. The maximum absolute atomic E-state index is 11.7. The topological polar surface area (TPSA) is 38.8 Å². The Morgan fingerprint density at radius 2 is 2.00 bits per heavy atom. The van der Waals surface area contributed by atoms with Crippen LogP contribution in [0, 0.1) is 11.3 Å². The third-order valence-corrected chi connectivity index (χ3v) is 3.87. The van der Waals surface area contributed by atoms with E-state index in [4.69, 9.17) is 9.47 Å². The van der Waals surface area contributed by atoms with Crippen molar-refractivity contribution in [2.45, 2.75) is 26.3 Å². The summed E-state index contributed by atoms with van der Waals surface area (Å²) in [7, 11) is 1.48. The zero-order valence-corrected chi connectivity index (χ0v) is 10.4. The highest BCUT2D eigenvalue weighted by molar-refractivity contribution is 5.74. The molecule has 1 aliphatic heterocycles. The summed E-state index contributed by atoms with van der Waals surface area (Å²) in [5.41, 5.74) is 0.218. The Kier molecular flexibility index (Phi) is 3.22. The summed E-state index contributed by atoms with van der Waals surface area (Å²) in [4.78, 5) is 14.0. The van der Waals surface area contributed by atoms with Crippen molar-refractivity contribution in [2.24, 2.45) is 11.3 Å². The molecule has 2 unspecified atom stereocenters. The van der Waals surface area contributed by atoms with Crippen LogP contribution < -0.4 is 0 Å². The van der Waals surface area contributed by atoms with Gasteiger partial charge in [0.2, 0.25) is 0 Å². The lowest BCUT2D eigenvalue weighted by molar-refractivity contribution is -0.167. The highest BCUT2D eigenvalue weighted by Gasteiger charge is 2.54. The van der Waals surface area contributed by atoms with E-state index in [0.717, 1.165) is 32.7 Å². The number of hydrogen-bond acceptors (Lipinski definition) is 4. The predicted octanol–water partition coefficient (Wildman–Crippen LogP) is 0.906. The first-order valence-corrected chi connectivity index (χ1v) is 5.96. The van der Waals surface area contributed by atoms with Crippen LogP contribution in [0.3, 0.4) is 0 Å². The minimum Gasteiger partial charge on any atom is -0.469 e. The van der Waals surface area contributed by atoms with Gasteiger partial charge in [-0.15, -0.1) is 0 Å². The van der Waals surface area contributed by atoms with E-state index in [1.807, 2.05) is 0 Å². The van der Waals surface area contributed by atoms with E-state index in [1.165, 1.54) is 7.11 Å². The normalized spacial score (nSPS) is 34.2. The highest BCUT2D eigenvalue weighted by Crippen LogP contribution is 2.48. The Balaban J connectivity index is 2.05. The van der Waals surface area contributed by atoms with Crippen molar-refractivity contribution in [3.8, 4) is 0 Å². The lowest BCUT2D eigenvalue weighted by Crippen LogP contribution is -2.63. The van der Waals surface area contributed by atoms with E-state index in [0.29, 0.717) is 6.04 Å². The minimum absolute atomic E-state index is 0.0538. The average Bonchev–Trinajstić information content (AvgIpc) is 2.26. The van der Waals surface area contributed by atoms with Gasteiger partial charge < -0.3 is 9.47 Å². The zero-order valence-electron chi connectivity index (χ0n) is 10.4. The lowest BCUT2D eigenvalue weighted by Gasteiger charge is -2.55. The fraction of sp³-hybridized carbons (Fsp3) is 0.917. The van der Waals surface area contributed by atoms with Gasteiger partial charge in [0.1, 0.15) is 0 Å². The quantitative estimate of drug-likeness (QED) is 0.657. The summed E-state index contributed by atoms with van der Waals surface area (Å²) in [5.74, 6) is -0.00563. The first-order chi connectivity index (χ1) is 7.56. The van der Waals surface area contributed by atoms with Crippen molar-refractivity contribution in [3.05, 3.63) is 0 Å². The summed E-state index contributed by atoms with van der Waals surface area (Å²) >= 11 is 0. The zero-order chi connectivity index (χ0) is 11.8. The van der Waals surface area contributed by atoms with Crippen molar-refractivity contribution in [3.63, 3.8) is 0 Å². The van der Waals surface area contributed by atoms with E-state index < -0.39 is 0 Å². The van der Waals surface area contributed by atoms with Crippen molar-refractivity contribution in [1.29, 1.82) is 0 Å². The predicted molar refractivity (Wildman–Crippen MR) is 60.1 cm³/mol. The standard InChI is InChI=1S/C12H21NO3/c1-12(2)8-9(11(14)15-3)10(12)13-4-6-16-7-5-13/h9-10H,4-8H2,1-3H3. The van der Waals surface area contributed by atoms with Gasteiger partial charge in [-0.2, -0.15) is 0 Å². The van der Waals surface area contributed by atoms with Crippen LogP contribution in [-0.2, 0) is 14.3 Å². The molecule has 2 aliphatic rings. The van der Waals surface area contributed by atoms with Crippen molar-refractivity contribution < 1.29 is 14.3 Å². The summed E-state index contributed by atoms with van der Waals surface area (Å²) < 4.78 is 10.2. The van der Waals surface area contributed by atoms with Gasteiger partial charge in [0.05, 0.1) is 26.2 Å². The van der Waals surface area contributed by atoms with Crippen LogP contribution in [0.1, 0.15) is 20.3 Å². The van der Waals surface area contributed by atoms with Gasteiger partial charge in [0, 0.05) is 19.1 Å². The number of rotatable bonds is 2. The third kappa shape index (κ3) is 1.96. The van der Waals surface area contributed by atoms with Gasteiger partial charge in [0.25, 0.3) is 0 Å². The van der Waals surface area contributed by atoms with Crippen molar-refractivity contribution in [2.75, 3.05) is 33.4 Å². The number of methoxy groups -OCH3 is 1. The second kappa shape index (κ2) is 4.34. The maximum Gasteiger partial charge on any atom is 0.310 e. The number of ether oxygens (including phenoxy) is 2. The molecular weight excluding hydrogens is 206 g/mol. The molecule has 2 fully saturated rings. The van der Waals surface area contributed by atoms with E-state index in [-0.39, 0.29) is 17.3 Å². The molecular formula is C12H21NO3. The monoisotopic (exact) mass is 227 g/mol. The molecule has 1 saturated heterocycles. The van der Waals surface area contributed by atoms with Gasteiger partial charge >= 0.3 is 5.97 Å². The highest BCUT2D eigenvalue weighted by atomic mass is 16.5. The Morgan fingerprint density at radius 3 is 2.50 bits per heavy atom. The number of nitrogens with zero attached hydrogens (tertiary/aromatic N) is 1. The minimum atomic E-state index is -0.0594. The van der Waals surface area contributed by atoms with Gasteiger partial charge in [-0.1, -0.05) is 13.8 Å². The molecule has 0 bridgehead atoms. The second-order valence-electron chi connectivity index (χ2n) is 5.42. The molecule has 0 amide bonds. The molecule has 16 heavy (non-hydrogen) atoms. The molecule has 92 valence electrons. The lowest BCUT2D eigenvalue weighted by atomic mass is 9.59. The Hall–Kier alpha value is -0.610. The summed E-state index contributed by atoms with van der Waals surface area (Å²) in [6.45, 7) is 7.88. The molecule has 4 heteroatoms. The number of hydrogen-bond donors (Lipinski definition) is 0. The number of carbonyl (C=O) groups is 1. The Morgan fingerprint density at radius 1 is 1.38 bits per heavy atom. The molecule has 0 spiro atoms. The van der Waals surface area contributed by atoms with Crippen LogP contribution in [0.5, 0.6) is 0 Å². The van der Waals surface area contributed by atoms with E-state index in [1.54, 1.807) is 0 Å².